The van der Waals surface area contributed by atoms with E-state index in [9.17, 15) is 9.59 Å². The number of hydrogen-bond donors (Lipinski definition) is 1. The molecule has 0 aliphatic heterocycles. The highest BCUT2D eigenvalue weighted by Crippen LogP contribution is 2.29. The van der Waals surface area contributed by atoms with Crippen molar-refractivity contribution < 1.29 is 14.3 Å². The van der Waals surface area contributed by atoms with E-state index in [-0.39, 0.29) is 5.02 Å². The minimum atomic E-state index is -0.565. The second kappa shape index (κ2) is 8.24. The summed E-state index contributed by atoms with van der Waals surface area (Å²) in [4.78, 5) is 24.7. The summed E-state index contributed by atoms with van der Waals surface area (Å²) in [5, 5.41) is 3.11. The van der Waals surface area contributed by atoms with Gasteiger partial charge in [0.2, 0.25) is 0 Å². The smallest absolute Gasteiger partial charge is 0.338 e. The van der Waals surface area contributed by atoms with Crippen LogP contribution in [-0.4, -0.2) is 24.7 Å². The summed E-state index contributed by atoms with van der Waals surface area (Å²) in [5.74, 6) is -1.06. The second-order valence-electron chi connectivity index (χ2n) is 4.45. The van der Waals surface area contributed by atoms with Crippen LogP contribution in [0.4, 0.5) is 5.69 Å². The fourth-order valence-corrected chi connectivity index (χ4v) is 2.48. The first kappa shape index (κ1) is 17.7. The molecule has 2 aromatic carbocycles. The quantitative estimate of drug-likeness (QED) is 0.622. The SMILES string of the molecule is CSc1ccc(C(=O)OCC(=O)Nc2cccc(Cl)c2Cl)cc1. The predicted octanol–water partition coefficient (Wildman–Crippen LogP) is 4.51. The van der Waals surface area contributed by atoms with Crippen LogP contribution in [0.3, 0.4) is 0 Å². The lowest BCUT2D eigenvalue weighted by atomic mass is 10.2. The zero-order chi connectivity index (χ0) is 16.8. The molecule has 0 radical (unpaired) electrons. The van der Waals surface area contributed by atoms with Gasteiger partial charge in [0.1, 0.15) is 0 Å². The largest absolute Gasteiger partial charge is 0.452 e. The van der Waals surface area contributed by atoms with Crippen molar-refractivity contribution in [1.29, 1.82) is 0 Å². The Balaban J connectivity index is 1.90. The Morgan fingerprint density at radius 3 is 2.48 bits per heavy atom. The molecule has 1 amide bonds. The molecule has 0 atom stereocenters. The van der Waals surface area contributed by atoms with Gasteiger partial charge in [-0.1, -0.05) is 29.3 Å². The Hall–Kier alpha value is -1.69. The van der Waals surface area contributed by atoms with Gasteiger partial charge in [-0.3, -0.25) is 4.79 Å². The molecule has 120 valence electrons. The number of hydrogen-bond acceptors (Lipinski definition) is 4. The monoisotopic (exact) mass is 369 g/mol. The molecular weight excluding hydrogens is 357 g/mol. The second-order valence-corrected chi connectivity index (χ2v) is 6.12. The van der Waals surface area contributed by atoms with E-state index in [1.807, 2.05) is 18.4 Å². The molecule has 7 heteroatoms. The maximum Gasteiger partial charge on any atom is 0.338 e. The van der Waals surface area contributed by atoms with Gasteiger partial charge in [0, 0.05) is 4.90 Å². The van der Waals surface area contributed by atoms with Crippen molar-refractivity contribution >= 4 is 52.5 Å². The van der Waals surface area contributed by atoms with Crippen LogP contribution in [0, 0.1) is 0 Å². The number of ether oxygens (including phenoxy) is 1. The van der Waals surface area contributed by atoms with Gasteiger partial charge in [0.25, 0.3) is 5.91 Å². The number of anilines is 1. The van der Waals surface area contributed by atoms with E-state index >= 15 is 0 Å². The van der Waals surface area contributed by atoms with E-state index in [0.29, 0.717) is 16.3 Å². The highest BCUT2D eigenvalue weighted by Gasteiger charge is 2.12. The lowest BCUT2D eigenvalue weighted by Gasteiger charge is -2.09. The molecule has 0 aromatic heterocycles. The van der Waals surface area contributed by atoms with Crippen LogP contribution in [0.2, 0.25) is 10.0 Å². The number of carbonyl (C=O) groups is 2. The van der Waals surface area contributed by atoms with Crippen LogP contribution in [0.15, 0.2) is 47.4 Å². The molecule has 0 bridgehead atoms. The van der Waals surface area contributed by atoms with Crippen LogP contribution in [0.5, 0.6) is 0 Å². The van der Waals surface area contributed by atoms with Gasteiger partial charge in [-0.2, -0.15) is 0 Å². The lowest BCUT2D eigenvalue weighted by Crippen LogP contribution is -2.21. The van der Waals surface area contributed by atoms with Gasteiger partial charge in [-0.25, -0.2) is 4.79 Å². The van der Waals surface area contributed by atoms with Crippen molar-refractivity contribution in [3.8, 4) is 0 Å². The maximum atomic E-state index is 11.9. The number of carbonyl (C=O) groups excluding carboxylic acids is 2. The molecular formula is C16H13Cl2NO3S. The predicted molar refractivity (Wildman–Crippen MR) is 93.6 cm³/mol. The number of halogens is 2. The maximum absolute atomic E-state index is 11.9. The molecule has 0 fully saturated rings. The van der Waals surface area contributed by atoms with E-state index < -0.39 is 18.5 Å². The Bertz CT molecular complexity index is 720. The van der Waals surface area contributed by atoms with Gasteiger partial charge < -0.3 is 10.1 Å². The van der Waals surface area contributed by atoms with Crippen molar-refractivity contribution in [1.82, 2.24) is 0 Å². The lowest BCUT2D eigenvalue weighted by molar-refractivity contribution is -0.119. The molecule has 23 heavy (non-hydrogen) atoms. The summed E-state index contributed by atoms with van der Waals surface area (Å²) < 4.78 is 4.97. The van der Waals surface area contributed by atoms with E-state index in [0.717, 1.165) is 4.90 Å². The Morgan fingerprint density at radius 1 is 1.13 bits per heavy atom. The number of thioether (sulfide) groups is 1. The molecule has 0 aliphatic carbocycles. The molecule has 0 saturated carbocycles. The fourth-order valence-electron chi connectivity index (χ4n) is 1.73. The van der Waals surface area contributed by atoms with Crippen molar-refractivity contribution in [2.24, 2.45) is 0 Å². The van der Waals surface area contributed by atoms with Crippen LogP contribution in [0.1, 0.15) is 10.4 Å². The van der Waals surface area contributed by atoms with Crippen molar-refractivity contribution in [3.63, 3.8) is 0 Å². The zero-order valence-electron chi connectivity index (χ0n) is 12.1. The number of amides is 1. The summed E-state index contributed by atoms with van der Waals surface area (Å²) in [6, 6.07) is 11.8. The van der Waals surface area contributed by atoms with Crippen LogP contribution in [-0.2, 0) is 9.53 Å². The summed E-state index contributed by atoms with van der Waals surface area (Å²) in [5.41, 5.74) is 0.751. The minimum Gasteiger partial charge on any atom is -0.452 e. The third-order valence-electron chi connectivity index (χ3n) is 2.89. The first-order valence-corrected chi connectivity index (χ1v) is 8.54. The van der Waals surface area contributed by atoms with Gasteiger partial charge in [-0.05, 0) is 42.7 Å². The summed E-state index contributed by atoms with van der Waals surface area (Å²) >= 11 is 13.4. The van der Waals surface area contributed by atoms with Gasteiger partial charge in [0.05, 0.1) is 21.3 Å². The molecule has 0 spiro atoms. The van der Waals surface area contributed by atoms with Crippen molar-refractivity contribution in [3.05, 3.63) is 58.1 Å². The Kier molecular flexibility index (Phi) is 6.33. The normalized spacial score (nSPS) is 10.2. The average Bonchev–Trinajstić information content (AvgIpc) is 2.57. The zero-order valence-corrected chi connectivity index (χ0v) is 14.5. The number of rotatable bonds is 5. The summed E-state index contributed by atoms with van der Waals surface area (Å²) in [7, 11) is 0. The van der Waals surface area contributed by atoms with Gasteiger partial charge in [0.15, 0.2) is 6.61 Å². The first-order chi connectivity index (χ1) is 11.0. The van der Waals surface area contributed by atoms with E-state index in [4.69, 9.17) is 27.9 Å². The summed E-state index contributed by atoms with van der Waals surface area (Å²) in [6.45, 7) is -0.411. The molecule has 2 rings (SSSR count). The number of nitrogens with one attached hydrogen (secondary N) is 1. The molecule has 0 saturated heterocycles. The van der Waals surface area contributed by atoms with Gasteiger partial charge >= 0.3 is 5.97 Å². The highest BCUT2D eigenvalue weighted by molar-refractivity contribution is 7.98. The molecule has 1 N–H and O–H groups in total. The first-order valence-electron chi connectivity index (χ1n) is 6.56. The van der Waals surface area contributed by atoms with Crippen LogP contribution in [0.25, 0.3) is 0 Å². The number of benzene rings is 2. The van der Waals surface area contributed by atoms with Crippen LogP contribution >= 0.6 is 35.0 Å². The standard InChI is InChI=1S/C16H13Cl2NO3S/c1-23-11-7-5-10(6-8-11)16(21)22-9-14(20)19-13-4-2-3-12(17)15(13)18/h2-8H,9H2,1H3,(H,19,20). The Morgan fingerprint density at radius 2 is 1.83 bits per heavy atom. The Labute approximate surface area is 148 Å². The van der Waals surface area contributed by atoms with Crippen LogP contribution < -0.4 is 5.32 Å². The molecule has 0 aliphatic rings. The minimum absolute atomic E-state index is 0.237. The fraction of sp³-hybridized carbons (Fsp3) is 0.125. The van der Waals surface area contributed by atoms with Crippen molar-refractivity contribution in [2.45, 2.75) is 4.90 Å². The molecule has 0 heterocycles. The topological polar surface area (TPSA) is 55.4 Å². The van der Waals surface area contributed by atoms with E-state index in [1.54, 1.807) is 42.1 Å². The van der Waals surface area contributed by atoms with Gasteiger partial charge in [-0.15, -0.1) is 11.8 Å². The molecule has 2 aromatic rings. The van der Waals surface area contributed by atoms with Crippen molar-refractivity contribution in [2.75, 3.05) is 18.2 Å². The van der Waals surface area contributed by atoms with E-state index in [2.05, 4.69) is 5.32 Å². The number of esters is 1. The third kappa shape index (κ3) is 4.89. The third-order valence-corrected chi connectivity index (χ3v) is 4.45. The molecule has 0 unspecified atom stereocenters. The highest BCUT2D eigenvalue weighted by atomic mass is 35.5. The average molecular weight is 370 g/mol. The van der Waals surface area contributed by atoms with E-state index in [1.165, 1.54) is 0 Å². The summed E-state index contributed by atoms with van der Waals surface area (Å²) in [6.07, 6.45) is 1.94. The molecule has 4 nitrogen and oxygen atoms in total.